The molecule has 0 radical (unpaired) electrons. The van der Waals surface area contributed by atoms with Gasteiger partial charge in [-0.15, -0.1) is 0 Å². The first-order valence-electron chi connectivity index (χ1n) is 6.52. The van der Waals surface area contributed by atoms with Gasteiger partial charge in [-0.2, -0.15) is 4.98 Å². The first kappa shape index (κ1) is 11.6. The van der Waals surface area contributed by atoms with E-state index in [2.05, 4.69) is 20.4 Å². The standard InChI is InChI=1S/C12H18N4O2/c1-8-13-11(18-15-8)7-16-5-4-9(6-16)12(17)14-10-2-3-10/h9-10H,2-7H2,1H3,(H,14,17). The average molecular weight is 250 g/mol. The van der Waals surface area contributed by atoms with Crippen LogP contribution in [-0.4, -0.2) is 40.1 Å². The Hall–Kier alpha value is -1.43. The van der Waals surface area contributed by atoms with Crippen molar-refractivity contribution in [2.75, 3.05) is 13.1 Å². The molecule has 3 rings (SSSR count). The second-order valence-corrected chi connectivity index (χ2v) is 5.24. The Bertz CT molecular complexity index is 441. The fourth-order valence-corrected chi connectivity index (χ4v) is 2.33. The van der Waals surface area contributed by atoms with Gasteiger partial charge in [-0.05, 0) is 32.7 Å². The second-order valence-electron chi connectivity index (χ2n) is 5.24. The number of amides is 1. The topological polar surface area (TPSA) is 71.3 Å². The summed E-state index contributed by atoms with van der Waals surface area (Å²) >= 11 is 0. The molecule has 98 valence electrons. The zero-order valence-corrected chi connectivity index (χ0v) is 10.6. The van der Waals surface area contributed by atoms with Crippen LogP contribution in [0.25, 0.3) is 0 Å². The van der Waals surface area contributed by atoms with Crippen molar-refractivity contribution >= 4 is 5.91 Å². The number of aryl methyl sites for hydroxylation is 1. The van der Waals surface area contributed by atoms with Crippen molar-refractivity contribution < 1.29 is 9.32 Å². The fraction of sp³-hybridized carbons (Fsp3) is 0.750. The van der Waals surface area contributed by atoms with Gasteiger partial charge in [-0.3, -0.25) is 9.69 Å². The van der Waals surface area contributed by atoms with Crippen LogP contribution < -0.4 is 5.32 Å². The molecule has 6 heteroatoms. The summed E-state index contributed by atoms with van der Waals surface area (Å²) in [6, 6.07) is 0.449. The van der Waals surface area contributed by atoms with Crippen LogP contribution in [0.1, 0.15) is 31.0 Å². The smallest absolute Gasteiger partial charge is 0.240 e. The van der Waals surface area contributed by atoms with Crippen molar-refractivity contribution in [3.05, 3.63) is 11.7 Å². The summed E-state index contributed by atoms with van der Waals surface area (Å²) < 4.78 is 5.09. The maximum absolute atomic E-state index is 11.9. The van der Waals surface area contributed by atoms with Crippen molar-refractivity contribution in [2.24, 2.45) is 5.92 Å². The van der Waals surface area contributed by atoms with E-state index >= 15 is 0 Å². The Morgan fingerprint density at radius 3 is 3.00 bits per heavy atom. The van der Waals surface area contributed by atoms with Crippen LogP contribution in [0.2, 0.25) is 0 Å². The third-order valence-electron chi connectivity index (χ3n) is 3.50. The second kappa shape index (κ2) is 4.68. The molecule has 2 heterocycles. The highest BCUT2D eigenvalue weighted by molar-refractivity contribution is 5.79. The molecule has 0 bridgehead atoms. The predicted molar refractivity (Wildman–Crippen MR) is 63.6 cm³/mol. The lowest BCUT2D eigenvalue weighted by Gasteiger charge is -2.13. The predicted octanol–water partition coefficient (Wildman–Crippen LogP) is 0.479. The van der Waals surface area contributed by atoms with Gasteiger partial charge in [-0.25, -0.2) is 0 Å². The Labute approximate surface area is 106 Å². The Balaban J connectivity index is 1.49. The maximum Gasteiger partial charge on any atom is 0.240 e. The van der Waals surface area contributed by atoms with E-state index in [1.54, 1.807) is 0 Å². The lowest BCUT2D eigenvalue weighted by atomic mass is 10.1. The van der Waals surface area contributed by atoms with Crippen LogP contribution in [0, 0.1) is 12.8 Å². The molecular formula is C12H18N4O2. The van der Waals surface area contributed by atoms with Gasteiger partial charge in [0.1, 0.15) is 0 Å². The molecule has 1 saturated carbocycles. The molecule has 0 spiro atoms. The summed E-state index contributed by atoms with van der Waals surface area (Å²) in [7, 11) is 0. The maximum atomic E-state index is 11.9. The molecule has 1 N–H and O–H groups in total. The molecule has 2 fully saturated rings. The van der Waals surface area contributed by atoms with Crippen LogP contribution in [0.3, 0.4) is 0 Å². The third kappa shape index (κ3) is 2.69. The summed E-state index contributed by atoms with van der Waals surface area (Å²) in [5, 5.41) is 6.84. The number of carbonyl (C=O) groups is 1. The zero-order valence-electron chi connectivity index (χ0n) is 10.6. The van der Waals surface area contributed by atoms with Gasteiger partial charge in [0.15, 0.2) is 5.82 Å². The molecule has 0 aromatic carbocycles. The lowest BCUT2D eigenvalue weighted by molar-refractivity contribution is -0.124. The number of hydrogen-bond acceptors (Lipinski definition) is 5. The molecule has 1 unspecified atom stereocenters. The monoisotopic (exact) mass is 250 g/mol. The largest absolute Gasteiger partial charge is 0.353 e. The average Bonchev–Trinajstić information content (AvgIpc) is 2.87. The van der Waals surface area contributed by atoms with E-state index < -0.39 is 0 Å². The first-order chi connectivity index (χ1) is 8.70. The van der Waals surface area contributed by atoms with Crippen LogP contribution in [0.4, 0.5) is 0 Å². The number of hydrogen-bond donors (Lipinski definition) is 1. The highest BCUT2D eigenvalue weighted by atomic mass is 16.5. The summed E-state index contributed by atoms with van der Waals surface area (Å²) in [6.07, 6.45) is 3.21. The SMILES string of the molecule is Cc1noc(CN2CCC(C(=O)NC3CC3)C2)n1. The molecule has 1 saturated heterocycles. The molecule has 1 amide bonds. The van der Waals surface area contributed by atoms with Gasteiger partial charge in [0, 0.05) is 12.6 Å². The van der Waals surface area contributed by atoms with E-state index in [1.165, 1.54) is 0 Å². The van der Waals surface area contributed by atoms with Crippen molar-refractivity contribution in [3.63, 3.8) is 0 Å². The molecule has 1 aliphatic heterocycles. The normalized spacial score (nSPS) is 24.4. The molecular weight excluding hydrogens is 232 g/mol. The summed E-state index contributed by atoms with van der Waals surface area (Å²) in [5.41, 5.74) is 0. The molecule has 18 heavy (non-hydrogen) atoms. The van der Waals surface area contributed by atoms with Gasteiger partial charge < -0.3 is 9.84 Å². The lowest BCUT2D eigenvalue weighted by Crippen LogP contribution is -2.34. The van der Waals surface area contributed by atoms with Crippen LogP contribution >= 0.6 is 0 Å². The van der Waals surface area contributed by atoms with E-state index in [1.807, 2.05) is 6.92 Å². The number of likely N-dealkylation sites (tertiary alicyclic amines) is 1. The van der Waals surface area contributed by atoms with Gasteiger partial charge in [0.2, 0.25) is 11.8 Å². The van der Waals surface area contributed by atoms with Crippen molar-refractivity contribution in [2.45, 2.75) is 38.8 Å². The highest BCUT2D eigenvalue weighted by Gasteiger charge is 2.32. The third-order valence-corrected chi connectivity index (χ3v) is 3.50. The van der Waals surface area contributed by atoms with Crippen molar-refractivity contribution in [1.82, 2.24) is 20.4 Å². The van der Waals surface area contributed by atoms with E-state index in [9.17, 15) is 4.79 Å². The fourth-order valence-electron chi connectivity index (χ4n) is 2.33. The number of carbonyl (C=O) groups excluding carboxylic acids is 1. The van der Waals surface area contributed by atoms with Crippen molar-refractivity contribution in [3.8, 4) is 0 Å². The van der Waals surface area contributed by atoms with Crippen LogP contribution in [0.15, 0.2) is 4.52 Å². The molecule has 6 nitrogen and oxygen atoms in total. The number of aromatic nitrogens is 2. The van der Waals surface area contributed by atoms with Gasteiger partial charge in [-0.1, -0.05) is 5.16 Å². The highest BCUT2D eigenvalue weighted by Crippen LogP contribution is 2.22. The number of nitrogens with one attached hydrogen (secondary N) is 1. The Morgan fingerprint density at radius 2 is 2.33 bits per heavy atom. The molecule has 1 aromatic heterocycles. The quantitative estimate of drug-likeness (QED) is 0.841. The summed E-state index contributed by atoms with van der Waals surface area (Å²) in [4.78, 5) is 18.3. The zero-order chi connectivity index (χ0) is 12.5. The van der Waals surface area contributed by atoms with Crippen molar-refractivity contribution in [1.29, 1.82) is 0 Å². The van der Waals surface area contributed by atoms with E-state index in [4.69, 9.17) is 4.52 Å². The molecule has 1 aliphatic carbocycles. The van der Waals surface area contributed by atoms with E-state index in [-0.39, 0.29) is 11.8 Å². The summed E-state index contributed by atoms with van der Waals surface area (Å²) in [5.74, 6) is 1.62. The van der Waals surface area contributed by atoms with Gasteiger partial charge in [0.25, 0.3) is 0 Å². The van der Waals surface area contributed by atoms with Gasteiger partial charge in [0.05, 0.1) is 12.5 Å². The van der Waals surface area contributed by atoms with Crippen LogP contribution in [0.5, 0.6) is 0 Å². The van der Waals surface area contributed by atoms with Gasteiger partial charge >= 0.3 is 0 Å². The number of nitrogens with zero attached hydrogens (tertiary/aromatic N) is 3. The van der Waals surface area contributed by atoms with E-state index in [0.717, 1.165) is 32.4 Å². The Kier molecular flexibility index (Phi) is 3.03. The minimum Gasteiger partial charge on any atom is -0.353 e. The molecule has 2 aliphatic rings. The van der Waals surface area contributed by atoms with E-state index in [0.29, 0.717) is 24.3 Å². The minimum atomic E-state index is 0.120. The summed E-state index contributed by atoms with van der Waals surface area (Å²) in [6.45, 7) is 4.17. The Morgan fingerprint density at radius 1 is 1.50 bits per heavy atom. The van der Waals surface area contributed by atoms with Crippen LogP contribution in [-0.2, 0) is 11.3 Å². The number of rotatable bonds is 4. The first-order valence-corrected chi connectivity index (χ1v) is 6.52. The minimum absolute atomic E-state index is 0.120. The molecule has 1 aromatic rings. The molecule has 1 atom stereocenters.